The number of ether oxygens (including phenoxy) is 2. The lowest BCUT2D eigenvalue weighted by atomic mass is 10.2. The first kappa shape index (κ1) is 11.7. The van der Waals surface area contributed by atoms with Gasteiger partial charge >= 0.3 is 6.09 Å². The van der Waals surface area contributed by atoms with Crippen molar-refractivity contribution < 1.29 is 14.3 Å². The number of piperidine rings is 1. The normalized spacial score (nSPS) is 32.5. The fraction of sp³-hybridized carbons (Fsp3) is 0.917. The predicted molar refractivity (Wildman–Crippen MR) is 60.2 cm³/mol. The Labute approximate surface area is 96.9 Å². The van der Waals surface area contributed by atoms with E-state index in [2.05, 4.69) is 0 Å². The van der Waals surface area contributed by atoms with Crippen molar-refractivity contribution in [2.24, 2.45) is 17.8 Å². The van der Waals surface area contributed by atoms with Gasteiger partial charge in [-0.2, -0.15) is 0 Å². The molecule has 0 N–H and O–H groups in total. The van der Waals surface area contributed by atoms with E-state index in [-0.39, 0.29) is 6.09 Å². The lowest BCUT2D eigenvalue weighted by Crippen LogP contribution is -2.37. The van der Waals surface area contributed by atoms with E-state index in [1.165, 1.54) is 0 Å². The summed E-state index contributed by atoms with van der Waals surface area (Å²) in [6.07, 6.45) is -0.170. The van der Waals surface area contributed by atoms with Gasteiger partial charge in [0.15, 0.2) is 0 Å². The van der Waals surface area contributed by atoms with E-state index in [0.29, 0.717) is 17.8 Å². The van der Waals surface area contributed by atoms with Gasteiger partial charge in [0, 0.05) is 26.8 Å². The van der Waals surface area contributed by atoms with E-state index < -0.39 is 5.60 Å². The molecule has 2 atom stereocenters. The minimum atomic E-state index is -0.393. The Hall–Kier alpha value is -0.770. The first-order valence-corrected chi connectivity index (χ1v) is 5.89. The summed E-state index contributed by atoms with van der Waals surface area (Å²) >= 11 is 0. The molecule has 0 aromatic rings. The number of carbonyl (C=O) groups excluding carboxylic acids is 1. The van der Waals surface area contributed by atoms with Crippen molar-refractivity contribution >= 4 is 6.09 Å². The SMILES string of the molecule is COCC1C2CN(C(=O)OC(C)(C)C)CC12. The van der Waals surface area contributed by atoms with E-state index >= 15 is 0 Å². The zero-order chi connectivity index (χ0) is 11.9. The molecular weight excluding hydrogens is 206 g/mol. The smallest absolute Gasteiger partial charge is 0.410 e. The molecule has 1 saturated heterocycles. The van der Waals surface area contributed by atoms with Crippen molar-refractivity contribution in [2.75, 3.05) is 26.8 Å². The third-order valence-electron chi connectivity index (χ3n) is 3.38. The van der Waals surface area contributed by atoms with Gasteiger partial charge in [0.05, 0.1) is 0 Å². The van der Waals surface area contributed by atoms with Crippen molar-refractivity contribution in [1.82, 2.24) is 4.90 Å². The van der Waals surface area contributed by atoms with Gasteiger partial charge in [-0.25, -0.2) is 4.79 Å². The fourth-order valence-electron chi connectivity index (χ4n) is 2.56. The number of likely N-dealkylation sites (tertiary alicyclic amines) is 1. The van der Waals surface area contributed by atoms with Crippen LogP contribution >= 0.6 is 0 Å². The molecule has 2 aliphatic rings. The van der Waals surface area contributed by atoms with Crippen LogP contribution in [0.2, 0.25) is 0 Å². The molecule has 2 unspecified atom stereocenters. The highest BCUT2D eigenvalue weighted by molar-refractivity contribution is 5.68. The molecule has 16 heavy (non-hydrogen) atoms. The van der Waals surface area contributed by atoms with E-state index in [1.807, 2.05) is 25.7 Å². The summed E-state index contributed by atoms with van der Waals surface area (Å²) < 4.78 is 10.5. The maximum Gasteiger partial charge on any atom is 0.410 e. The molecule has 2 rings (SSSR count). The highest BCUT2D eigenvalue weighted by Gasteiger charge is 2.56. The average Bonchev–Trinajstić information content (AvgIpc) is 2.60. The average molecular weight is 227 g/mol. The second-order valence-electron chi connectivity index (χ2n) is 5.83. The molecule has 1 aliphatic heterocycles. The largest absolute Gasteiger partial charge is 0.444 e. The molecule has 92 valence electrons. The van der Waals surface area contributed by atoms with Crippen LogP contribution in [0.5, 0.6) is 0 Å². The number of carbonyl (C=O) groups is 1. The molecule has 0 bridgehead atoms. The Morgan fingerprint density at radius 1 is 1.31 bits per heavy atom. The molecule has 1 saturated carbocycles. The number of amides is 1. The fourth-order valence-corrected chi connectivity index (χ4v) is 2.56. The number of fused-ring (bicyclic) bond motifs is 1. The first-order chi connectivity index (χ1) is 7.42. The molecule has 1 amide bonds. The van der Waals surface area contributed by atoms with E-state index in [1.54, 1.807) is 7.11 Å². The van der Waals surface area contributed by atoms with Gasteiger partial charge in [-0.1, -0.05) is 0 Å². The van der Waals surface area contributed by atoms with Gasteiger partial charge in [0.25, 0.3) is 0 Å². The van der Waals surface area contributed by atoms with Crippen LogP contribution < -0.4 is 0 Å². The zero-order valence-electron chi connectivity index (χ0n) is 10.5. The van der Waals surface area contributed by atoms with Gasteiger partial charge < -0.3 is 14.4 Å². The quantitative estimate of drug-likeness (QED) is 0.721. The van der Waals surface area contributed by atoms with E-state index in [0.717, 1.165) is 19.7 Å². The minimum Gasteiger partial charge on any atom is -0.444 e. The highest BCUT2D eigenvalue weighted by Crippen LogP contribution is 2.51. The molecule has 4 nitrogen and oxygen atoms in total. The topological polar surface area (TPSA) is 38.8 Å². The molecule has 4 heteroatoms. The van der Waals surface area contributed by atoms with Crippen molar-refractivity contribution in [3.8, 4) is 0 Å². The monoisotopic (exact) mass is 227 g/mol. The Morgan fingerprint density at radius 3 is 2.31 bits per heavy atom. The molecule has 0 spiro atoms. The number of hydrogen-bond donors (Lipinski definition) is 0. The summed E-state index contributed by atoms with van der Waals surface area (Å²) in [6, 6.07) is 0. The van der Waals surface area contributed by atoms with Crippen molar-refractivity contribution in [1.29, 1.82) is 0 Å². The second-order valence-corrected chi connectivity index (χ2v) is 5.83. The first-order valence-electron chi connectivity index (χ1n) is 5.89. The van der Waals surface area contributed by atoms with Crippen LogP contribution in [0.25, 0.3) is 0 Å². The Kier molecular flexibility index (Phi) is 2.86. The number of nitrogens with zero attached hydrogens (tertiary/aromatic N) is 1. The standard InChI is InChI=1S/C12H21NO3/c1-12(2,3)16-11(14)13-5-8-9(6-13)10(8)7-15-4/h8-10H,5-7H2,1-4H3. The third-order valence-corrected chi connectivity index (χ3v) is 3.38. The molecular formula is C12H21NO3. The molecule has 1 aliphatic carbocycles. The number of rotatable bonds is 2. The van der Waals surface area contributed by atoms with Crippen LogP contribution in [0.15, 0.2) is 0 Å². The highest BCUT2D eigenvalue weighted by atomic mass is 16.6. The lowest BCUT2D eigenvalue weighted by Gasteiger charge is -2.25. The van der Waals surface area contributed by atoms with Crippen LogP contribution in [0.4, 0.5) is 4.79 Å². The lowest BCUT2D eigenvalue weighted by molar-refractivity contribution is 0.0256. The van der Waals surface area contributed by atoms with Crippen molar-refractivity contribution in [3.63, 3.8) is 0 Å². The van der Waals surface area contributed by atoms with Gasteiger partial charge in [-0.15, -0.1) is 0 Å². The second kappa shape index (κ2) is 3.91. The number of hydrogen-bond acceptors (Lipinski definition) is 3. The summed E-state index contributed by atoms with van der Waals surface area (Å²) in [7, 11) is 1.74. The van der Waals surface area contributed by atoms with Crippen LogP contribution in [0.3, 0.4) is 0 Å². The van der Waals surface area contributed by atoms with Gasteiger partial charge in [0.2, 0.25) is 0 Å². The summed E-state index contributed by atoms with van der Waals surface area (Å²) in [5, 5.41) is 0. The van der Waals surface area contributed by atoms with Gasteiger partial charge in [0.1, 0.15) is 5.60 Å². The Morgan fingerprint density at radius 2 is 1.88 bits per heavy atom. The van der Waals surface area contributed by atoms with Crippen LogP contribution in [-0.2, 0) is 9.47 Å². The van der Waals surface area contributed by atoms with Crippen molar-refractivity contribution in [3.05, 3.63) is 0 Å². The van der Waals surface area contributed by atoms with Crippen molar-refractivity contribution in [2.45, 2.75) is 26.4 Å². The molecule has 1 heterocycles. The summed E-state index contributed by atoms with van der Waals surface area (Å²) in [6.45, 7) is 8.21. The van der Waals surface area contributed by atoms with E-state index in [9.17, 15) is 4.79 Å². The Balaban J connectivity index is 1.78. The van der Waals surface area contributed by atoms with Gasteiger partial charge in [-0.3, -0.25) is 0 Å². The summed E-state index contributed by atoms with van der Waals surface area (Å²) in [5.41, 5.74) is -0.393. The molecule has 0 aromatic heterocycles. The maximum absolute atomic E-state index is 11.8. The van der Waals surface area contributed by atoms with Gasteiger partial charge in [-0.05, 0) is 38.5 Å². The third kappa shape index (κ3) is 2.32. The summed E-state index contributed by atoms with van der Waals surface area (Å²) in [4.78, 5) is 13.6. The van der Waals surface area contributed by atoms with E-state index in [4.69, 9.17) is 9.47 Å². The molecule has 2 fully saturated rings. The maximum atomic E-state index is 11.8. The Bertz CT molecular complexity index is 272. The molecule has 0 radical (unpaired) electrons. The van der Waals surface area contributed by atoms with Crippen LogP contribution in [0, 0.1) is 17.8 Å². The number of methoxy groups -OCH3 is 1. The summed E-state index contributed by atoms with van der Waals surface area (Å²) in [5.74, 6) is 1.96. The minimum absolute atomic E-state index is 0.170. The predicted octanol–water partition coefficient (Wildman–Crippen LogP) is 1.75. The molecule has 0 aromatic carbocycles. The zero-order valence-corrected chi connectivity index (χ0v) is 10.5. The van der Waals surface area contributed by atoms with Crippen LogP contribution in [-0.4, -0.2) is 43.4 Å². The van der Waals surface area contributed by atoms with Crippen LogP contribution in [0.1, 0.15) is 20.8 Å².